The molecule has 0 spiro atoms. The minimum atomic E-state index is -3.66. The number of hydrogen-bond donors (Lipinski definition) is 0. The van der Waals surface area contributed by atoms with E-state index in [9.17, 15) is 13.2 Å². The van der Waals surface area contributed by atoms with Gasteiger partial charge in [-0.2, -0.15) is 0 Å². The summed E-state index contributed by atoms with van der Waals surface area (Å²) >= 11 is 0. The van der Waals surface area contributed by atoms with E-state index in [4.69, 9.17) is 4.74 Å². The highest BCUT2D eigenvalue weighted by Gasteiger charge is 2.32. The van der Waals surface area contributed by atoms with Crippen molar-refractivity contribution in [1.29, 1.82) is 0 Å². The maximum Gasteiger partial charge on any atom is 0.246 e. The average Bonchev–Trinajstić information content (AvgIpc) is 2.63. The zero-order valence-electron chi connectivity index (χ0n) is 17.3. The normalized spacial score (nSPS) is 12.4. The van der Waals surface area contributed by atoms with E-state index in [0.717, 1.165) is 22.9 Å². The van der Waals surface area contributed by atoms with Crippen molar-refractivity contribution in [3.05, 3.63) is 59.2 Å². The van der Waals surface area contributed by atoms with E-state index < -0.39 is 16.1 Å². The van der Waals surface area contributed by atoms with Crippen LogP contribution < -0.4 is 9.04 Å². The molecule has 0 radical (unpaired) electrons. The summed E-state index contributed by atoms with van der Waals surface area (Å²) in [5.41, 5.74) is 3.10. The van der Waals surface area contributed by atoms with E-state index in [1.807, 2.05) is 50.2 Å². The second-order valence-electron chi connectivity index (χ2n) is 7.03. The molecule has 0 aliphatic heterocycles. The van der Waals surface area contributed by atoms with Crippen LogP contribution in [-0.2, 0) is 21.4 Å². The molecule has 0 aliphatic rings. The van der Waals surface area contributed by atoms with Crippen LogP contribution in [0.15, 0.2) is 42.5 Å². The molecule has 0 bridgehead atoms. The molecule has 1 atom stereocenters. The Morgan fingerprint density at radius 2 is 1.79 bits per heavy atom. The van der Waals surface area contributed by atoms with Crippen molar-refractivity contribution in [3.8, 4) is 5.75 Å². The molecule has 0 fully saturated rings. The van der Waals surface area contributed by atoms with Crippen LogP contribution in [0.4, 0.5) is 5.69 Å². The summed E-state index contributed by atoms with van der Waals surface area (Å²) < 4.78 is 31.7. The zero-order valence-corrected chi connectivity index (χ0v) is 18.1. The van der Waals surface area contributed by atoms with Crippen molar-refractivity contribution >= 4 is 21.6 Å². The minimum Gasteiger partial charge on any atom is -0.496 e. The largest absolute Gasteiger partial charge is 0.496 e. The molecular weight excluding hydrogens is 376 g/mol. The van der Waals surface area contributed by atoms with Crippen molar-refractivity contribution in [1.82, 2.24) is 4.90 Å². The topological polar surface area (TPSA) is 66.9 Å². The molecule has 0 aromatic heterocycles. The van der Waals surface area contributed by atoms with E-state index in [2.05, 4.69) is 0 Å². The molecule has 2 aromatic carbocycles. The Bertz CT molecular complexity index is 957. The molecule has 0 saturated carbocycles. The van der Waals surface area contributed by atoms with Crippen molar-refractivity contribution in [2.45, 2.75) is 33.4 Å². The van der Waals surface area contributed by atoms with Gasteiger partial charge in [0.25, 0.3) is 0 Å². The van der Waals surface area contributed by atoms with Crippen LogP contribution >= 0.6 is 0 Å². The maximum absolute atomic E-state index is 13.1. The monoisotopic (exact) mass is 404 g/mol. The molecule has 0 saturated heterocycles. The number of hydrogen-bond acceptors (Lipinski definition) is 4. The Kier molecular flexibility index (Phi) is 6.72. The lowest BCUT2D eigenvalue weighted by atomic mass is 10.1. The molecule has 2 aromatic rings. The lowest BCUT2D eigenvalue weighted by Crippen LogP contribution is -2.48. The third-order valence-electron chi connectivity index (χ3n) is 4.64. The van der Waals surface area contributed by atoms with Gasteiger partial charge in [-0.3, -0.25) is 9.10 Å². The number of para-hydroxylation sites is 1. The van der Waals surface area contributed by atoms with Gasteiger partial charge in [-0.1, -0.05) is 30.3 Å². The Balaban J connectivity index is 2.35. The SMILES string of the molecule is COc1ccccc1CN(C)C(=O)[C@H](C)N(c1cc(C)ccc1C)S(C)(=O)=O. The Morgan fingerprint density at radius 3 is 2.39 bits per heavy atom. The first-order valence-corrected chi connectivity index (χ1v) is 10.8. The standard InChI is InChI=1S/C21H28N2O4S/c1-15-11-12-16(2)19(13-15)23(28(6,25)26)17(3)21(24)22(4)14-18-9-7-8-10-20(18)27-5/h7-13,17H,14H2,1-6H3/t17-/m0/s1. The second-order valence-corrected chi connectivity index (χ2v) is 8.89. The second kappa shape index (κ2) is 8.65. The van der Waals surface area contributed by atoms with E-state index in [-0.39, 0.29) is 5.91 Å². The van der Waals surface area contributed by atoms with Crippen LogP contribution in [0.3, 0.4) is 0 Å². The minimum absolute atomic E-state index is 0.294. The number of carbonyl (C=O) groups is 1. The maximum atomic E-state index is 13.1. The molecule has 0 heterocycles. The quantitative estimate of drug-likeness (QED) is 0.711. The van der Waals surface area contributed by atoms with Gasteiger partial charge in [0, 0.05) is 19.2 Å². The third kappa shape index (κ3) is 4.84. The number of likely N-dealkylation sites (N-methyl/N-ethyl adjacent to an activating group) is 1. The molecule has 0 N–H and O–H groups in total. The highest BCUT2D eigenvalue weighted by atomic mass is 32.2. The fourth-order valence-electron chi connectivity index (χ4n) is 3.22. The summed E-state index contributed by atoms with van der Waals surface area (Å²) in [6.45, 7) is 5.66. The Hall–Kier alpha value is -2.54. The van der Waals surface area contributed by atoms with E-state index in [1.54, 1.807) is 27.1 Å². The van der Waals surface area contributed by atoms with Crippen LogP contribution in [-0.4, -0.2) is 45.7 Å². The summed E-state index contributed by atoms with van der Waals surface area (Å²) in [6.07, 6.45) is 1.12. The Morgan fingerprint density at radius 1 is 1.14 bits per heavy atom. The zero-order chi connectivity index (χ0) is 21.1. The van der Waals surface area contributed by atoms with Crippen LogP contribution in [0.2, 0.25) is 0 Å². The van der Waals surface area contributed by atoms with Crippen LogP contribution in [0.25, 0.3) is 0 Å². The van der Waals surface area contributed by atoms with Gasteiger partial charge >= 0.3 is 0 Å². The van der Waals surface area contributed by atoms with Gasteiger partial charge in [-0.05, 0) is 44.0 Å². The molecule has 0 unspecified atom stereocenters. The van der Waals surface area contributed by atoms with Crippen LogP contribution in [0.5, 0.6) is 5.75 Å². The van der Waals surface area contributed by atoms with Gasteiger partial charge < -0.3 is 9.64 Å². The number of sulfonamides is 1. The van der Waals surface area contributed by atoms with Crippen molar-refractivity contribution in [2.24, 2.45) is 0 Å². The summed E-state index contributed by atoms with van der Waals surface area (Å²) in [5, 5.41) is 0. The molecule has 1 amide bonds. The van der Waals surface area contributed by atoms with Gasteiger partial charge in [0.1, 0.15) is 11.8 Å². The fraction of sp³-hybridized carbons (Fsp3) is 0.381. The molecular formula is C21H28N2O4S. The molecule has 6 nitrogen and oxygen atoms in total. The third-order valence-corrected chi connectivity index (χ3v) is 5.87. The summed E-state index contributed by atoms with van der Waals surface area (Å²) in [7, 11) is -0.419. The highest BCUT2D eigenvalue weighted by molar-refractivity contribution is 7.92. The number of anilines is 1. The van der Waals surface area contributed by atoms with Gasteiger partial charge in [0.15, 0.2) is 0 Å². The number of rotatable bonds is 7. The number of methoxy groups -OCH3 is 1. The molecule has 0 aliphatic carbocycles. The number of nitrogens with zero attached hydrogens (tertiary/aromatic N) is 2. The predicted molar refractivity (Wildman–Crippen MR) is 112 cm³/mol. The molecule has 2 rings (SSSR count). The van der Waals surface area contributed by atoms with Crippen LogP contribution in [0, 0.1) is 13.8 Å². The van der Waals surface area contributed by atoms with E-state index >= 15 is 0 Å². The number of amides is 1. The first-order chi connectivity index (χ1) is 13.1. The molecule has 7 heteroatoms. The number of ether oxygens (including phenoxy) is 1. The number of benzene rings is 2. The Labute approximate surface area is 167 Å². The lowest BCUT2D eigenvalue weighted by molar-refractivity contribution is -0.131. The first-order valence-electron chi connectivity index (χ1n) is 8.99. The fourth-order valence-corrected chi connectivity index (χ4v) is 4.44. The van der Waals surface area contributed by atoms with Gasteiger partial charge in [-0.25, -0.2) is 8.42 Å². The highest BCUT2D eigenvalue weighted by Crippen LogP contribution is 2.27. The van der Waals surface area contributed by atoms with Gasteiger partial charge in [0.05, 0.1) is 19.1 Å². The van der Waals surface area contributed by atoms with Crippen molar-refractivity contribution in [3.63, 3.8) is 0 Å². The van der Waals surface area contributed by atoms with Gasteiger partial charge in [-0.15, -0.1) is 0 Å². The summed E-state index contributed by atoms with van der Waals surface area (Å²) in [5.74, 6) is 0.390. The molecule has 152 valence electrons. The van der Waals surface area contributed by atoms with E-state index in [1.165, 1.54) is 9.21 Å². The van der Waals surface area contributed by atoms with Gasteiger partial charge in [0.2, 0.25) is 15.9 Å². The number of carbonyl (C=O) groups excluding carboxylic acids is 1. The lowest BCUT2D eigenvalue weighted by Gasteiger charge is -2.32. The molecule has 28 heavy (non-hydrogen) atoms. The summed E-state index contributed by atoms with van der Waals surface area (Å²) in [6, 6.07) is 12.1. The summed E-state index contributed by atoms with van der Waals surface area (Å²) in [4.78, 5) is 14.6. The van der Waals surface area contributed by atoms with E-state index in [0.29, 0.717) is 18.0 Å². The smallest absolute Gasteiger partial charge is 0.246 e. The first kappa shape index (κ1) is 21.8. The number of aryl methyl sites for hydroxylation is 2. The van der Waals surface area contributed by atoms with Crippen LogP contribution in [0.1, 0.15) is 23.6 Å². The predicted octanol–water partition coefficient (Wildman–Crippen LogP) is 3.13. The van der Waals surface area contributed by atoms with Crippen molar-refractivity contribution in [2.75, 3.05) is 24.7 Å². The van der Waals surface area contributed by atoms with Crippen molar-refractivity contribution < 1.29 is 17.9 Å². The average molecular weight is 405 g/mol.